The Morgan fingerprint density at radius 3 is 2.80 bits per heavy atom. The molecule has 0 bridgehead atoms. The standard InChI is InChI=1S/C8H10OS/c1-8(5-9-6-8)7-3-2-4-10-7/h2-4H,5-6H2,1H3. The predicted octanol–water partition coefficient (Wildman–Crippen LogP) is 2.04. The van der Waals surface area contributed by atoms with Gasteiger partial charge in [-0.3, -0.25) is 0 Å². The minimum Gasteiger partial charge on any atom is -0.379 e. The summed E-state index contributed by atoms with van der Waals surface area (Å²) >= 11 is 1.83. The first-order valence-electron chi connectivity index (χ1n) is 3.43. The molecule has 1 aliphatic heterocycles. The van der Waals surface area contributed by atoms with Gasteiger partial charge in [-0.2, -0.15) is 0 Å². The second-order valence-corrected chi connectivity index (χ2v) is 3.98. The van der Waals surface area contributed by atoms with Crippen molar-refractivity contribution in [3.63, 3.8) is 0 Å². The van der Waals surface area contributed by atoms with Gasteiger partial charge >= 0.3 is 0 Å². The Kier molecular flexibility index (Phi) is 1.32. The zero-order chi connectivity index (χ0) is 7.03. The first-order valence-corrected chi connectivity index (χ1v) is 4.31. The Balaban J connectivity index is 2.27. The lowest BCUT2D eigenvalue weighted by Crippen LogP contribution is -2.43. The Morgan fingerprint density at radius 2 is 2.40 bits per heavy atom. The molecule has 0 saturated carbocycles. The van der Waals surface area contributed by atoms with Crippen molar-refractivity contribution in [2.75, 3.05) is 13.2 Å². The van der Waals surface area contributed by atoms with Crippen LogP contribution in [0.3, 0.4) is 0 Å². The smallest absolute Gasteiger partial charge is 0.0590 e. The summed E-state index contributed by atoms with van der Waals surface area (Å²) in [5.74, 6) is 0. The zero-order valence-electron chi connectivity index (χ0n) is 5.96. The zero-order valence-corrected chi connectivity index (χ0v) is 6.78. The highest BCUT2D eigenvalue weighted by Gasteiger charge is 2.35. The molecular formula is C8H10OS. The van der Waals surface area contributed by atoms with Crippen molar-refractivity contribution in [1.82, 2.24) is 0 Å². The lowest BCUT2D eigenvalue weighted by molar-refractivity contribution is -0.0481. The number of thiophene rings is 1. The maximum atomic E-state index is 5.17. The van der Waals surface area contributed by atoms with Crippen LogP contribution in [0.2, 0.25) is 0 Å². The van der Waals surface area contributed by atoms with E-state index in [1.54, 1.807) is 0 Å². The largest absolute Gasteiger partial charge is 0.379 e. The van der Waals surface area contributed by atoms with Gasteiger partial charge in [0.1, 0.15) is 0 Å². The van der Waals surface area contributed by atoms with E-state index >= 15 is 0 Å². The lowest BCUT2D eigenvalue weighted by Gasteiger charge is -2.37. The fourth-order valence-electron chi connectivity index (χ4n) is 1.17. The van der Waals surface area contributed by atoms with Crippen LogP contribution in [-0.4, -0.2) is 13.2 Å². The fraction of sp³-hybridized carbons (Fsp3) is 0.500. The van der Waals surface area contributed by atoms with Crippen molar-refractivity contribution in [3.8, 4) is 0 Å². The highest BCUT2D eigenvalue weighted by molar-refractivity contribution is 7.10. The molecule has 2 rings (SSSR count). The van der Waals surface area contributed by atoms with E-state index in [9.17, 15) is 0 Å². The van der Waals surface area contributed by atoms with Gasteiger partial charge < -0.3 is 4.74 Å². The van der Waals surface area contributed by atoms with Crippen LogP contribution in [0.5, 0.6) is 0 Å². The van der Waals surface area contributed by atoms with Crippen molar-refractivity contribution in [2.24, 2.45) is 0 Å². The number of ether oxygens (including phenoxy) is 1. The van der Waals surface area contributed by atoms with Crippen LogP contribution in [0.25, 0.3) is 0 Å². The molecule has 0 radical (unpaired) electrons. The quantitative estimate of drug-likeness (QED) is 0.601. The minimum absolute atomic E-state index is 0.341. The van der Waals surface area contributed by atoms with E-state index in [0.717, 1.165) is 13.2 Å². The van der Waals surface area contributed by atoms with E-state index < -0.39 is 0 Å². The van der Waals surface area contributed by atoms with Gasteiger partial charge in [0.15, 0.2) is 0 Å². The molecule has 1 nitrogen and oxygen atoms in total. The molecule has 0 aliphatic carbocycles. The Bertz CT molecular complexity index is 211. The molecule has 0 aromatic carbocycles. The summed E-state index contributed by atoms with van der Waals surface area (Å²) in [7, 11) is 0. The molecule has 1 aromatic heterocycles. The molecule has 10 heavy (non-hydrogen) atoms. The van der Waals surface area contributed by atoms with E-state index in [0.29, 0.717) is 5.41 Å². The molecule has 2 heterocycles. The Hall–Kier alpha value is -0.340. The highest BCUT2D eigenvalue weighted by atomic mass is 32.1. The number of hydrogen-bond donors (Lipinski definition) is 0. The molecule has 0 spiro atoms. The van der Waals surface area contributed by atoms with Crippen LogP contribution in [0.1, 0.15) is 11.8 Å². The van der Waals surface area contributed by atoms with E-state index in [4.69, 9.17) is 4.74 Å². The van der Waals surface area contributed by atoms with Gasteiger partial charge in [-0.05, 0) is 11.4 Å². The number of hydrogen-bond acceptors (Lipinski definition) is 2. The molecule has 1 fully saturated rings. The van der Waals surface area contributed by atoms with E-state index in [1.807, 2.05) is 11.3 Å². The topological polar surface area (TPSA) is 9.23 Å². The SMILES string of the molecule is CC1(c2cccs2)COC1. The molecular weight excluding hydrogens is 144 g/mol. The molecule has 2 heteroatoms. The van der Waals surface area contributed by atoms with Crippen molar-refractivity contribution < 1.29 is 4.74 Å². The average Bonchev–Trinajstić information content (AvgIpc) is 2.33. The first kappa shape index (κ1) is 6.38. The van der Waals surface area contributed by atoms with E-state index in [2.05, 4.69) is 24.4 Å². The van der Waals surface area contributed by atoms with Crippen LogP contribution in [-0.2, 0) is 10.2 Å². The molecule has 0 amide bonds. The highest BCUT2D eigenvalue weighted by Crippen LogP contribution is 2.34. The normalized spacial score (nSPS) is 22.1. The van der Waals surface area contributed by atoms with Crippen LogP contribution < -0.4 is 0 Å². The van der Waals surface area contributed by atoms with Crippen LogP contribution in [0.15, 0.2) is 17.5 Å². The van der Waals surface area contributed by atoms with Gasteiger partial charge in [-0.15, -0.1) is 11.3 Å². The maximum Gasteiger partial charge on any atom is 0.0590 e. The van der Waals surface area contributed by atoms with E-state index in [-0.39, 0.29) is 0 Å². The first-order chi connectivity index (χ1) is 4.81. The van der Waals surface area contributed by atoms with Gasteiger partial charge in [0.05, 0.1) is 13.2 Å². The fourth-order valence-corrected chi connectivity index (χ4v) is 2.04. The van der Waals surface area contributed by atoms with Crippen molar-refractivity contribution in [1.29, 1.82) is 0 Å². The van der Waals surface area contributed by atoms with Gasteiger partial charge in [0.25, 0.3) is 0 Å². The predicted molar refractivity (Wildman–Crippen MR) is 42.5 cm³/mol. The number of rotatable bonds is 1. The maximum absolute atomic E-state index is 5.17. The third-order valence-corrected chi connectivity index (χ3v) is 3.13. The summed E-state index contributed by atoms with van der Waals surface area (Å²) in [5.41, 5.74) is 0.341. The summed E-state index contributed by atoms with van der Waals surface area (Å²) in [4.78, 5) is 1.46. The molecule has 0 atom stereocenters. The van der Waals surface area contributed by atoms with Gasteiger partial charge in [-0.25, -0.2) is 0 Å². The monoisotopic (exact) mass is 154 g/mol. The second kappa shape index (κ2) is 2.07. The minimum atomic E-state index is 0.341. The summed E-state index contributed by atoms with van der Waals surface area (Å²) < 4.78 is 5.17. The van der Waals surface area contributed by atoms with Crippen molar-refractivity contribution >= 4 is 11.3 Å². The summed E-state index contributed by atoms with van der Waals surface area (Å²) in [6, 6.07) is 4.29. The Morgan fingerprint density at radius 1 is 1.60 bits per heavy atom. The van der Waals surface area contributed by atoms with Crippen LogP contribution in [0.4, 0.5) is 0 Å². The molecule has 0 N–H and O–H groups in total. The molecule has 0 unspecified atom stereocenters. The Labute approximate surface area is 64.6 Å². The summed E-state index contributed by atoms with van der Waals surface area (Å²) in [6.07, 6.45) is 0. The summed E-state index contributed by atoms with van der Waals surface area (Å²) in [6.45, 7) is 4.04. The molecule has 54 valence electrons. The van der Waals surface area contributed by atoms with Gasteiger partial charge in [0, 0.05) is 10.3 Å². The van der Waals surface area contributed by atoms with Crippen LogP contribution in [0, 0.1) is 0 Å². The average molecular weight is 154 g/mol. The van der Waals surface area contributed by atoms with Gasteiger partial charge in [0.2, 0.25) is 0 Å². The van der Waals surface area contributed by atoms with Gasteiger partial charge in [-0.1, -0.05) is 13.0 Å². The third kappa shape index (κ3) is 0.796. The lowest BCUT2D eigenvalue weighted by atomic mass is 9.87. The molecule has 1 saturated heterocycles. The third-order valence-electron chi connectivity index (χ3n) is 1.96. The molecule has 1 aliphatic rings. The van der Waals surface area contributed by atoms with Crippen molar-refractivity contribution in [2.45, 2.75) is 12.3 Å². The van der Waals surface area contributed by atoms with Crippen molar-refractivity contribution in [3.05, 3.63) is 22.4 Å². The van der Waals surface area contributed by atoms with Crippen LogP contribution >= 0.6 is 11.3 Å². The molecule has 1 aromatic rings. The van der Waals surface area contributed by atoms with E-state index in [1.165, 1.54) is 4.88 Å². The second-order valence-electron chi connectivity index (χ2n) is 3.03. The summed E-state index contributed by atoms with van der Waals surface area (Å²) in [5, 5.41) is 2.12.